The quantitative estimate of drug-likeness (QED) is 0.818. The summed E-state index contributed by atoms with van der Waals surface area (Å²) in [4.78, 5) is 15.8. The van der Waals surface area contributed by atoms with Crippen LogP contribution in [0.3, 0.4) is 0 Å². The lowest BCUT2D eigenvalue weighted by atomic mass is 10.4. The molecule has 2 aromatic heterocycles. The molecule has 1 amide bonds. The number of nitrogens with one attached hydrogen (secondary N) is 1. The second-order valence-electron chi connectivity index (χ2n) is 3.19. The van der Waals surface area contributed by atoms with Crippen LogP contribution in [0, 0.1) is 0 Å². The zero-order chi connectivity index (χ0) is 11.5. The Bertz CT molecular complexity index is 503. The molecule has 16 heavy (non-hydrogen) atoms. The van der Waals surface area contributed by atoms with Crippen LogP contribution in [0.1, 0.15) is 15.5 Å². The van der Waals surface area contributed by atoms with Crippen LogP contribution < -0.4 is 11.1 Å². The molecule has 0 saturated carbocycles. The van der Waals surface area contributed by atoms with E-state index >= 15 is 0 Å². The Kier molecular flexibility index (Phi) is 2.97. The normalized spacial score (nSPS) is 10.4. The molecule has 0 saturated heterocycles. The van der Waals surface area contributed by atoms with E-state index in [0.717, 1.165) is 5.01 Å². The van der Waals surface area contributed by atoms with Gasteiger partial charge in [0, 0.05) is 25.2 Å². The van der Waals surface area contributed by atoms with Gasteiger partial charge in [-0.05, 0) is 0 Å². The number of carbonyl (C=O) groups excluding carboxylic acids is 1. The van der Waals surface area contributed by atoms with Crippen molar-refractivity contribution >= 4 is 22.9 Å². The number of thiazole rings is 1. The molecule has 0 aliphatic heterocycles. The first-order chi connectivity index (χ1) is 7.69. The van der Waals surface area contributed by atoms with Gasteiger partial charge < -0.3 is 11.1 Å². The maximum atomic E-state index is 11.7. The van der Waals surface area contributed by atoms with E-state index in [4.69, 9.17) is 5.73 Å². The second-order valence-corrected chi connectivity index (χ2v) is 4.13. The van der Waals surface area contributed by atoms with Gasteiger partial charge in [0.05, 0.1) is 11.9 Å². The summed E-state index contributed by atoms with van der Waals surface area (Å²) in [6, 6.07) is 0. The van der Waals surface area contributed by atoms with E-state index in [1.54, 1.807) is 29.5 Å². The van der Waals surface area contributed by atoms with Gasteiger partial charge >= 0.3 is 0 Å². The summed E-state index contributed by atoms with van der Waals surface area (Å²) in [6.07, 6.45) is 3.29. The number of rotatable bonds is 3. The fourth-order valence-corrected chi connectivity index (χ4v) is 1.84. The molecule has 0 unspecified atom stereocenters. The molecule has 0 fully saturated rings. The Morgan fingerprint density at radius 3 is 3.06 bits per heavy atom. The van der Waals surface area contributed by atoms with Crippen molar-refractivity contribution in [3.63, 3.8) is 0 Å². The number of amides is 1. The van der Waals surface area contributed by atoms with Crippen molar-refractivity contribution in [2.45, 2.75) is 6.54 Å². The molecule has 7 heteroatoms. The number of anilines is 1. The first-order valence-corrected chi connectivity index (χ1v) is 5.51. The van der Waals surface area contributed by atoms with Crippen LogP contribution in [0.5, 0.6) is 0 Å². The molecule has 3 N–H and O–H groups in total. The zero-order valence-electron chi connectivity index (χ0n) is 8.67. The average Bonchev–Trinajstić information content (AvgIpc) is 2.87. The predicted molar refractivity (Wildman–Crippen MR) is 61.2 cm³/mol. The number of hydrogen-bond donors (Lipinski definition) is 2. The highest BCUT2D eigenvalue weighted by atomic mass is 32.1. The van der Waals surface area contributed by atoms with Gasteiger partial charge in [0.1, 0.15) is 10.7 Å². The molecule has 0 aromatic carbocycles. The summed E-state index contributed by atoms with van der Waals surface area (Å²) in [7, 11) is 1.78. The second kappa shape index (κ2) is 4.42. The Hall–Kier alpha value is -1.73. The van der Waals surface area contributed by atoms with Gasteiger partial charge in [-0.1, -0.05) is 0 Å². The van der Waals surface area contributed by atoms with Gasteiger partial charge in [0.15, 0.2) is 0 Å². The minimum absolute atomic E-state index is 0.246. The molecular weight excluding hydrogens is 226 g/mol. The first kappa shape index (κ1) is 10.8. The summed E-state index contributed by atoms with van der Waals surface area (Å²) >= 11 is 1.38. The van der Waals surface area contributed by atoms with Gasteiger partial charge in [0.25, 0.3) is 5.91 Å². The third kappa shape index (κ3) is 2.26. The molecule has 2 heterocycles. The molecular formula is C9H11N5OS. The highest BCUT2D eigenvalue weighted by Gasteiger charge is 2.10. The van der Waals surface area contributed by atoms with Crippen molar-refractivity contribution in [2.75, 3.05) is 5.32 Å². The summed E-state index contributed by atoms with van der Waals surface area (Å²) in [5.41, 5.74) is 6.45. The highest BCUT2D eigenvalue weighted by Crippen LogP contribution is 2.11. The van der Waals surface area contributed by atoms with Crippen LogP contribution in [0.15, 0.2) is 17.8 Å². The maximum absolute atomic E-state index is 11.7. The zero-order valence-corrected chi connectivity index (χ0v) is 9.49. The average molecular weight is 237 g/mol. The van der Waals surface area contributed by atoms with Crippen LogP contribution in [-0.2, 0) is 13.6 Å². The van der Waals surface area contributed by atoms with Crippen molar-refractivity contribution < 1.29 is 4.79 Å². The van der Waals surface area contributed by atoms with E-state index in [9.17, 15) is 4.79 Å². The van der Waals surface area contributed by atoms with Crippen LogP contribution in [0.4, 0.5) is 5.69 Å². The molecule has 2 rings (SSSR count). The summed E-state index contributed by atoms with van der Waals surface area (Å²) in [6.45, 7) is 0.352. The molecule has 84 valence electrons. The Labute approximate surface area is 96.1 Å². The number of nitrogens with two attached hydrogens (primary N) is 1. The topological polar surface area (TPSA) is 85.8 Å². The number of nitrogens with zero attached hydrogens (tertiary/aromatic N) is 3. The SMILES string of the molecule is Cn1cc(NC(=O)c2csc(CN)n2)cn1. The number of aryl methyl sites for hydroxylation is 1. The van der Waals surface area contributed by atoms with Gasteiger partial charge in [-0.3, -0.25) is 9.48 Å². The molecule has 0 aliphatic carbocycles. The smallest absolute Gasteiger partial charge is 0.275 e. The largest absolute Gasteiger partial charge is 0.325 e. The fourth-order valence-electron chi connectivity index (χ4n) is 1.19. The van der Waals surface area contributed by atoms with Crippen LogP contribution in [-0.4, -0.2) is 20.7 Å². The molecule has 0 radical (unpaired) electrons. The lowest BCUT2D eigenvalue weighted by Gasteiger charge is -1.97. The summed E-state index contributed by atoms with van der Waals surface area (Å²) in [5.74, 6) is -0.246. The molecule has 0 aliphatic rings. The van der Waals surface area contributed by atoms with E-state index in [2.05, 4.69) is 15.4 Å². The molecule has 6 nitrogen and oxygen atoms in total. The van der Waals surface area contributed by atoms with Crippen molar-refractivity contribution in [1.29, 1.82) is 0 Å². The van der Waals surface area contributed by atoms with E-state index in [1.165, 1.54) is 11.3 Å². The van der Waals surface area contributed by atoms with Gasteiger partial charge in [0.2, 0.25) is 0 Å². The van der Waals surface area contributed by atoms with E-state index in [-0.39, 0.29) is 5.91 Å². The van der Waals surface area contributed by atoms with E-state index < -0.39 is 0 Å². The maximum Gasteiger partial charge on any atom is 0.275 e. The molecule has 2 aromatic rings. The third-order valence-electron chi connectivity index (χ3n) is 1.92. The standard InChI is InChI=1S/C9H11N5OS/c1-14-4-6(3-11-14)12-9(15)7-5-16-8(2-10)13-7/h3-5H,2,10H2,1H3,(H,12,15). The number of carbonyl (C=O) groups is 1. The number of hydrogen-bond acceptors (Lipinski definition) is 5. The molecule has 0 atom stereocenters. The van der Waals surface area contributed by atoms with Crippen LogP contribution >= 0.6 is 11.3 Å². The number of aromatic nitrogens is 3. The fraction of sp³-hybridized carbons (Fsp3) is 0.222. The lowest BCUT2D eigenvalue weighted by molar-refractivity contribution is 0.102. The summed E-state index contributed by atoms with van der Waals surface area (Å²) < 4.78 is 1.61. The van der Waals surface area contributed by atoms with E-state index in [0.29, 0.717) is 17.9 Å². The minimum atomic E-state index is -0.246. The van der Waals surface area contributed by atoms with Gasteiger partial charge in [-0.2, -0.15) is 5.10 Å². The summed E-state index contributed by atoms with van der Waals surface area (Å²) in [5, 5.41) is 9.08. The third-order valence-corrected chi connectivity index (χ3v) is 2.79. The van der Waals surface area contributed by atoms with Crippen LogP contribution in [0.25, 0.3) is 0 Å². The van der Waals surface area contributed by atoms with Crippen molar-refractivity contribution in [1.82, 2.24) is 14.8 Å². The molecule has 0 spiro atoms. The Morgan fingerprint density at radius 1 is 1.69 bits per heavy atom. The van der Waals surface area contributed by atoms with Gasteiger partial charge in [-0.15, -0.1) is 11.3 Å². The van der Waals surface area contributed by atoms with Crippen molar-refractivity contribution in [3.05, 3.63) is 28.5 Å². The highest BCUT2D eigenvalue weighted by molar-refractivity contribution is 7.09. The van der Waals surface area contributed by atoms with Crippen LogP contribution in [0.2, 0.25) is 0 Å². The Morgan fingerprint density at radius 2 is 2.50 bits per heavy atom. The Balaban J connectivity index is 2.08. The minimum Gasteiger partial charge on any atom is -0.325 e. The van der Waals surface area contributed by atoms with Crippen molar-refractivity contribution in [3.8, 4) is 0 Å². The molecule has 0 bridgehead atoms. The first-order valence-electron chi connectivity index (χ1n) is 4.63. The monoisotopic (exact) mass is 237 g/mol. The van der Waals surface area contributed by atoms with E-state index in [1.807, 2.05) is 0 Å². The lowest BCUT2D eigenvalue weighted by Crippen LogP contribution is -2.12. The van der Waals surface area contributed by atoms with Crippen molar-refractivity contribution in [2.24, 2.45) is 12.8 Å². The predicted octanol–water partition coefficient (Wildman–Crippen LogP) is 0.588. The van der Waals surface area contributed by atoms with Gasteiger partial charge in [-0.25, -0.2) is 4.98 Å².